The molecule has 0 radical (unpaired) electrons. The molecule has 0 spiro atoms. The molecule has 5 nitrogen and oxygen atoms in total. The molecule has 0 saturated carbocycles. The molecule has 170 valence electrons. The predicted molar refractivity (Wildman–Crippen MR) is 133 cm³/mol. The summed E-state index contributed by atoms with van der Waals surface area (Å²) in [5, 5.41) is 20.3. The van der Waals surface area contributed by atoms with Crippen LogP contribution < -0.4 is 5.46 Å². The van der Waals surface area contributed by atoms with Crippen molar-refractivity contribution in [2.24, 2.45) is 4.99 Å². The number of fused-ring (bicyclic) bond motifs is 2. The molecule has 3 heterocycles. The number of rotatable bonds is 4. The number of aromatic nitrogens is 1. The van der Waals surface area contributed by atoms with Crippen molar-refractivity contribution in [3.8, 4) is 16.8 Å². The van der Waals surface area contributed by atoms with Crippen LogP contribution in [0, 0.1) is 5.82 Å². The summed E-state index contributed by atoms with van der Waals surface area (Å²) in [7, 11) is -1.51. The summed E-state index contributed by atoms with van der Waals surface area (Å²) in [5.41, 5.74) is 8.03. The van der Waals surface area contributed by atoms with E-state index < -0.39 is 7.12 Å². The first-order valence-corrected chi connectivity index (χ1v) is 11.6. The largest absolute Gasteiger partial charge is 0.488 e. The third-order valence-corrected chi connectivity index (χ3v) is 6.95. The minimum absolute atomic E-state index is 0.265. The summed E-state index contributed by atoms with van der Waals surface area (Å²) in [6.07, 6.45) is 3.72. The van der Waals surface area contributed by atoms with Gasteiger partial charge in [-0.2, -0.15) is 0 Å². The SMILES string of the molecule is OB(O)c1ccc(-c2c(C3CCOCC3)n(-c3ccc(F)cc3)c3cc4c(cc23)CN=C4)cc1. The first-order chi connectivity index (χ1) is 16.6. The van der Waals surface area contributed by atoms with E-state index in [1.807, 2.05) is 30.5 Å². The molecule has 0 unspecified atom stereocenters. The average Bonchev–Trinajstić information content (AvgIpc) is 3.45. The second-order valence-corrected chi connectivity index (χ2v) is 8.99. The zero-order chi connectivity index (χ0) is 23.2. The first kappa shape index (κ1) is 21.3. The van der Waals surface area contributed by atoms with E-state index in [0.717, 1.165) is 46.1 Å². The second kappa shape index (κ2) is 8.51. The molecule has 1 saturated heterocycles. The molecular formula is C27H24BFN2O3. The topological polar surface area (TPSA) is 67.0 Å². The fourth-order valence-corrected chi connectivity index (χ4v) is 5.26. The highest BCUT2D eigenvalue weighted by Gasteiger charge is 2.29. The molecule has 1 aromatic heterocycles. The lowest BCUT2D eigenvalue weighted by molar-refractivity contribution is 0.0843. The molecule has 0 bridgehead atoms. The zero-order valence-corrected chi connectivity index (χ0v) is 18.6. The van der Waals surface area contributed by atoms with E-state index >= 15 is 0 Å². The van der Waals surface area contributed by atoms with E-state index in [-0.39, 0.29) is 11.7 Å². The normalized spacial score (nSPS) is 15.7. The van der Waals surface area contributed by atoms with Crippen LogP contribution in [-0.2, 0) is 11.3 Å². The minimum Gasteiger partial charge on any atom is -0.423 e. The van der Waals surface area contributed by atoms with Crippen LogP contribution in [0.15, 0.2) is 65.7 Å². The Balaban J connectivity index is 1.68. The quantitative estimate of drug-likeness (QED) is 0.459. The molecule has 1 fully saturated rings. The van der Waals surface area contributed by atoms with E-state index in [1.165, 1.54) is 23.4 Å². The van der Waals surface area contributed by atoms with Gasteiger partial charge in [-0.05, 0) is 71.4 Å². The lowest BCUT2D eigenvalue weighted by atomic mass is 9.79. The summed E-state index contributed by atoms with van der Waals surface area (Å²) in [5.74, 6) is 0.00652. The third-order valence-electron chi connectivity index (χ3n) is 6.95. The molecule has 3 aromatic carbocycles. The highest BCUT2D eigenvalue weighted by atomic mass is 19.1. The number of halogens is 1. The van der Waals surface area contributed by atoms with Crippen LogP contribution in [0.4, 0.5) is 4.39 Å². The van der Waals surface area contributed by atoms with Crippen molar-refractivity contribution in [2.45, 2.75) is 25.3 Å². The van der Waals surface area contributed by atoms with Crippen LogP contribution in [0.1, 0.15) is 35.6 Å². The van der Waals surface area contributed by atoms with Gasteiger partial charge in [-0.3, -0.25) is 4.99 Å². The highest BCUT2D eigenvalue weighted by molar-refractivity contribution is 6.58. The number of ether oxygens (including phenoxy) is 1. The van der Waals surface area contributed by atoms with Crippen molar-refractivity contribution < 1.29 is 19.2 Å². The van der Waals surface area contributed by atoms with E-state index in [4.69, 9.17) is 4.74 Å². The standard InChI is InChI=1S/C27H24BFN2O3/c29-22-5-7-23(8-6-22)31-25-14-20-16-30-15-19(20)13-24(25)26(27(31)18-9-11-34-12-10-18)17-1-3-21(4-2-17)28(32)33/h1-8,13-14,16,18,32-33H,9-12,15H2. The first-order valence-electron chi connectivity index (χ1n) is 11.6. The average molecular weight is 454 g/mol. The maximum atomic E-state index is 13.8. The number of aliphatic imine (C=N–C) groups is 1. The Morgan fingerprint density at radius 2 is 1.71 bits per heavy atom. The summed E-state index contributed by atoms with van der Waals surface area (Å²) in [6, 6.07) is 18.5. The van der Waals surface area contributed by atoms with Gasteiger partial charge in [0.2, 0.25) is 0 Å². The van der Waals surface area contributed by atoms with Crippen molar-refractivity contribution in [3.63, 3.8) is 0 Å². The van der Waals surface area contributed by atoms with Gasteiger partial charge in [0.05, 0.1) is 12.1 Å². The van der Waals surface area contributed by atoms with Crippen molar-refractivity contribution in [3.05, 3.63) is 83.3 Å². The molecule has 2 N–H and O–H groups in total. The van der Waals surface area contributed by atoms with Gasteiger partial charge in [-0.15, -0.1) is 0 Å². The molecule has 34 heavy (non-hydrogen) atoms. The summed E-state index contributed by atoms with van der Waals surface area (Å²) >= 11 is 0. The van der Waals surface area contributed by atoms with Crippen LogP contribution in [0.25, 0.3) is 27.7 Å². The van der Waals surface area contributed by atoms with E-state index in [9.17, 15) is 14.4 Å². The van der Waals surface area contributed by atoms with Crippen molar-refractivity contribution in [2.75, 3.05) is 13.2 Å². The molecular weight excluding hydrogens is 430 g/mol. The lowest BCUT2D eigenvalue weighted by Gasteiger charge is -2.26. The Hall–Kier alpha value is -3.26. The maximum absolute atomic E-state index is 13.8. The Morgan fingerprint density at radius 1 is 0.971 bits per heavy atom. The third kappa shape index (κ3) is 3.57. The molecule has 7 heteroatoms. The predicted octanol–water partition coefficient (Wildman–Crippen LogP) is 3.94. The Labute approximate surface area is 197 Å². The number of hydrogen-bond acceptors (Lipinski definition) is 4. The monoisotopic (exact) mass is 454 g/mol. The Bertz CT molecular complexity index is 1390. The van der Waals surface area contributed by atoms with E-state index in [0.29, 0.717) is 25.2 Å². The number of hydrogen-bond donors (Lipinski definition) is 2. The molecule has 2 aliphatic heterocycles. The lowest BCUT2D eigenvalue weighted by Crippen LogP contribution is -2.29. The van der Waals surface area contributed by atoms with Crippen LogP contribution in [0.2, 0.25) is 0 Å². The van der Waals surface area contributed by atoms with Gasteiger partial charge in [0, 0.05) is 47.7 Å². The number of nitrogens with zero attached hydrogens (tertiary/aromatic N) is 2. The van der Waals surface area contributed by atoms with Crippen molar-refractivity contribution in [1.29, 1.82) is 0 Å². The molecule has 6 rings (SSSR count). The van der Waals surface area contributed by atoms with Crippen molar-refractivity contribution >= 4 is 29.7 Å². The highest BCUT2D eigenvalue weighted by Crippen LogP contribution is 2.44. The van der Waals surface area contributed by atoms with Gasteiger partial charge in [0.1, 0.15) is 5.82 Å². The van der Waals surface area contributed by atoms with Gasteiger partial charge in [0.15, 0.2) is 0 Å². The van der Waals surface area contributed by atoms with Crippen LogP contribution >= 0.6 is 0 Å². The van der Waals surface area contributed by atoms with Gasteiger partial charge >= 0.3 is 7.12 Å². The minimum atomic E-state index is -1.51. The zero-order valence-electron chi connectivity index (χ0n) is 18.6. The smallest absolute Gasteiger partial charge is 0.423 e. The van der Waals surface area contributed by atoms with E-state index in [2.05, 4.69) is 21.7 Å². The fraction of sp³-hybridized carbons (Fsp3) is 0.222. The summed E-state index contributed by atoms with van der Waals surface area (Å²) < 4.78 is 21.8. The molecule has 0 atom stereocenters. The summed E-state index contributed by atoms with van der Waals surface area (Å²) in [6.45, 7) is 2.07. The van der Waals surface area contributed by atoms with Crippen molar-refractivity contribution in [1.82, 2.24) is 4.57 Å². The van der Waals surface area contributed by atoms with Crippen LogP contribution in [0.5, 0.6) is 0 Å². The summed E-state index contributed by atoms with van der Waals surface area (Å²) in [4.78, 5) is 4.46. The molecule has 4 aromatic rings. The van der Waals surface area contributed by atoms with Gasteiger partial charge in [-0.25, -0.2) is 4.39 Å². The van der Waals surface area contributed by atoms with E-state index in [1.54, 1.807) is 12.1 Å². The van der Waals surface area contributed by atoms with Gasteiger partial charge in [-0.1, -0.05) is 24.3 Å². The second-order valence-electron chi connectivity index (χ2n) is 8.99. The van der Waals surface area contributed by atoms with Gasteiger partial charge in [0.25, 0.3) is 0 Å². The number of benzene rings is 3. The van der Waals surface area contributed by atoms with Crippen LogP contribution in [0.3, 0.4) is 0 Å². The van der Waals surface area contributed by atoms with Gasteiger partial charge < -0.3 is 19.4 Å². The Morgan fingerprint density at radius 3 is 2.41 bits per heavy atom. The fourth-order valence-electron chi connectivity index (χ4n) is 5.26. The van der Waals surface area contributed by atoms with Crippen LogP contribution in [-0.4, -0.2) is 41.2 Å². The maximum Gasteiger partial charge on any atom is 0.488 e. The molecule has 2 aliphatic rings. The Kier molecular flexibility index (Phi) is 5.33. The molecule has 0 aliphatic carbocycles. The molecule has 0 amide bonds.